The average molecular weight is 426 g/mol. The van der Waals surface area contributed by atoms with Crippen molar-refractivity contribution < 1.29 is 24.0 Å². The fourth-order valence-corrected chi connectivity index (χ4v) is 4.41. The summed E-state index contributed by atoms with van der Waals surface area (Å²) in [6.07, 6.45) is 1.90. The molecule has 1 heterocycles. The lowest BCUT2D eigenvalue weighted by Gasteiger charge is -2.26. The summed E-state index contributed by atoms with van der Waals surface area (Å²) >= 11 is 0. The lowest BCUT2D eigenvalue weighted by atomic mass is 9.77. The van der Waals surface area contributed by atoms with Crippen molar-refractivity contribution in [1.29, 1.82) is 0 Å². The number of ketones is 2. The van der Waals surface area contributed by atoms with Crippen molar-refractivity contribution in [2.45, 2.75) is 73.1 Å². The lowest BCUT2D eigenvalue weighted by molar-refractivity contribution is -0.116. The van der Waals surface area contributed by atoms with Crippen molar-refractivity contribution in [3.8, 4) is 0 Å². The van der Waals surface area contributed by atoms with Crippen LogP contribution >= 0.6 is 0 Å². The third-order valence-electron chi connectivity index (χ3n) is 6.18. The molecule has 1 aromatic carbocycles. The van der Waals surface area contributed by atoms with E-state index in [0.717, 1.165) is 34.1 Å². The van der Waals surface area contributed by atoms with E-state index in [0.29, 0.717) is 36.5 Å². The molecule has 0 saturated heterocycles. The van der Waals surface area contributed by atoms with Gasteiger partial charge in [0.1, 0.15) is 17.9 Å². The minimum absolute atomic E-state index is 0.0391. The molecule has 1 unspecified atom stereocenters. The summed E-state index contributed by atoms with van der Waals surface area (Å²) in [7, 11) is 0. The number of fused-ring (bicyclic) bond motifs is 1. The summed E-state index contributed by atoms with van der Waals surface area (Å²) in [5.41, 5.74) is 5.51. The van der Waals surface area contributed by atoms with Crippen LogP contribution in [0, 0.1) is 20.8 Å². The van der Waals surface area contributed by atoms with E-state index in [1.54, 1.807) is 6.07 Å². The Morgan fingerprint density at radius 3 is 2.48 bits per heavy atom. The van der Waals surface area contributed by atoms with Crippen LogP contribution in [0.3, 0.4) is 0 Å². The van der Waals surface area contributed by atoms with Gasteiger partial charge in [0.15, 0.2) is 17.3 Å². The van der Waals surface area contributed by atoms with Crippen LogP contribution in [0.15, 0.2) is 27.0 Å². The summed E-state index contributed by atoms with van der Waals surface area (Å²) in [5, 5.41) is 15.9. The molecule has 1 aliphatic rings. The van der Waals surface area contributed by atoms with Crippen LogP contribution in [-0.2, 0) is 9.63 Å². The van der Waals surface area contributed by atoms with Crippen LogP contribution in [0.25, 0.3) is 11.0 Å². The highest BCUT2D eigenvalue weighted by molar-refractivity contribution is 6.23. The lowest BCUT2D eigenvalue weighted by Crippen LogP contribution is -2.24. The Kier molecular flexibility index (Phi) is 6.68. The Hall–Kier alpha value is -2.89. The molecule has 1 aromatic heterocycles. The molecule has 0 bridgehead atoms. The molecule has 3 rings (SSSR count). The van der Waals surface area contributed by atoms with Crippen LogP contribution in [0.4, 0.5) is 0 Å². The summed E-state index contributed by atoms with van der Waals surface area (Å²) < 4.78 is 5.96. The molecule has 1 aliphatic carbocycles. The SMILES string of the molecule is CCCC(=NOCC)C1=C(O)CC(c2c(C)c(C)c(C)c3cc(C(C)=O)oc23)CC1=O. The Balaban J connectivity index is 2.12. The number of Topliss-reactive ketones (excluding diaryl/α,β-unsaturated/α-hetero) is 2. The first-order valence-electron chi connectivity index (χ1n) is 10.9. The summed E-state index contributed by atoms with van der Waals surface area (Å²) in [4.78, 5) is 30.3. The molecule has 6 nitrogen and oxygen atoms in total. The van der Waals surface area contributed by atoms with E-state index in [4.69, 9.17) is 9.25 Å². The van der Waals surface area contributed by atoms with E-state index in [9.17, 15) is 14.7 Å². The number of benzene rings is 1. The molecule has 0 spiro atoms. The largest absolute Gasteiger partial charge is 0.511 e. The van der Waals surface area contributed by atoms with E-state index >= 15 is 0 Å². The van der Waals surface area contributed by atoms with Gasteiger partial charge in [0.25, 0.3) is 0 Å². The molecular weight excluding hydrogens is 394 g/mol. The molecule has 0 amide bonds. The molecule has 1 atom stereocenters. The number of hydrogen-bond acceptors (Lipinski definition) is 6. The number of oxime groups is 1. The highest BCUT2D eigenvalue weighted by Gasteiger charge is 2.34. The molecule has 31 heavy (non-hydrogen) atoms. The Morgan fingerprint density at radius 1 is 1.19 bits per heavy atom. The van der Waals surface area contributed by atoms with E-state index in [2.05, 4.69) is 5.16 Å². The second kappa shape index (κ2) is 9.08. The smallest absolute Gasteiger partial charge is 0.194 e. The molecule has 0 saturated carbocycles. The number of nitrogens with zero attached hydrogens (tertiary/aromatic N) is 1. The maximum Gasteiger partial charge on any atom is 0.194 e. The molecule has 0 aliphatic heterocycles. The number of carbonyl (C=O) groups excluding carboxylic acids is 2. The first kappa shape index (κ1) is 22.8. The topological polar surface area (TPSA) is 89.1 Å². The maximum atomic E-state index is 13.1. The second-order valence-corrected chi connectivity index (χ2v) is 8.25. The van der Waals surface area contributed by atoms with Gasteiger partial charge >= 0.3 is 0 Å². The number of aryl methyl sites for hydroxylation is 1. The average Bonchev–Trinajstić information content (AvgIpc) is 3.15. The predicted molar refractivity (Wildman–Crippen MR) is 121 cm³/mol. The van der Waals surface area contributed by atoms with Crippen LogP contribution in [0.2, 0.25) is 0 Å². The zero-order chi connectivity index (χ0) is 22.9. The van der Waals surface area contributed by atoms with Crippen molar-refractivity contribution in [3.63, 3.8) is 0 Å². The fourth-order valence-electron chi connectivity index (χ4n) is 4.41. The number of aliphatic hydroxyl groups is 1. The standard InChI is InChI=1S/C25H31NO5/c1-7-9-19(26-30-8-2)24-20(28)10-17(11-21(24)29)23-15(5)13(3)14(4)18-12-22(16(6)27)31-25(18)23/h12,17,28H,7-11H2,1-6H3. The van der Waals surface area contributed by atoms with Crippen molar-refractivity contribution in [1.82, 2.24) is 0 Å². The fraction of sp³-hybridized carbons (Fsp3) is 0.480. The van der Waals surface area contributed by atoms with Gasteiger partial charge in [0.05, 0.1) is 11.3 Å². The minimum atomic E-state index is -0.237. The van der Waals surface area contributed by atoms with E-state index in [1.807, 2.05) is 34.6 Å². The number of furan rings is 1. The zero-order valence-corrected chi connectivity index (χ0v) is 19.2. The zero-order valence-electron chi connectivity index (χ0n) is 19.2. The second-order valence-electron chi connectivity index (χ2n) is 8.25. The van der Waals surface area contributed by atoms with Gasteiger partial charge in [-0.3, -0.25) is 9.59 Å². The summed E-state index contributed by atoms with van der Waals surface area (Å²) in [6.45, 7) is 11.7. The molecule has 1 N–H and O–H groups in total. The molecular formula is C25H31NO5. The van der Waals surface area contributed by atoms with Crippen LogP contribution < -0.4 is 0 Å². The monoisotopic (exact) mass is 425 g/mol. The first-order valence-corrected chi connectivity index (χ1v) is 10.9. The maximum absolute atomic E-state index is 13.1. The molecule has 6 heteroatoms. The highest BCUT2D eigenvalue weighted by Crippen LogP contribution is 2.42. The van der Waals surface area contributed by atoms with E-state index in [1.165, 1.54) is 6.92 Å². The van der Waals surface area contributed by atoms with Crippen molar-refractivity contribution in [3.05, 3.63) is 45.4 Å². The van der Waals surface area contributed by atoms with Crippen molar-refractivity contribution in [2.24, 2.45) is 5.16 Å². The van der Waals surface area contributed by atoms with Gasteiger partial charge in [0.2, 0.25) is 0 Å². The van der Waals surface area contributed by atoms with E-state index in [-0.39, 0.29) is 35.2 Å². The normalized spacial score (nSPS) is 17.5. The van der Waals surface area contributed by atoms with Gasteiger partial charge in [-0.05, 0) is 56.9 Å². The third-order valence-corrected chi connectivity index (χ3v) is 6.18. The predicted octanol–water partition coefficient (Wildman–Crippen LogP) is 6.01. The molecule has 0 fully saturated rings. The molecule has 2 aromatic rings. The number of allylic oxidation sites excluding steroid dienone is 2. The van der Waals surface area contributed by atoms with Crippen molar-refractivity contribution in [2.75, 3.05) is 6.61 Å². The Labute approximate surface area is 182 Å². The number of carbonyl (C=O) groups is 2. The number of aliphatic hydroxyl groups excluding tert-OH is 1. The van der Waals surface area contributed by atoms with Crippen molar-refractivity contribution >= 4 is 28.2 Å². The van der Waals surface area contributed by atoms with E-state index < -0.39 is 0 Å². The summed E-state index contributed by atoms with van der Waals surface area (Å²) in [6, 6.07) is 1.78. The van der Waals surface area contributed by atoms with Crippen LogP contribution in [0.5, 0.6) is 0 Å². The van der Waals surface area contributed by atoms with Crippen LogP contribution in [0.1, 0.15) is 85.2 Å². The van der Waals surface area contributed by atoms with Gasteiger partial charge in [0, 0.05) is 36.6 Å². The van der Waals surface area contributed by atoms with Gasteiger partial charge < -0.3 is 14.4 Å². The molecule has 166 valence electrons. The van der Waals surface area contributed by atoms with Gasteiger partial charge in [-0.25, -0.2) is 0 Å². The third kappa shape index (κ3) is 4.16. The Bertz CT molecular complexity index is 1100. The molecule has 0 radical (unpaired) electrons. The van der Waals surface area contributed by atoms with Gasteiger partial charge in [-0.2, -0.15) is 0 Å². The quantitative estimate of drug-likeness (QED) is 0.333. The Morgan fingerprint density at radius 2 is 1.90 bits per heavy atom. The van der Waals surface area contributed by atoms with Gasteiger partial charge in [-0.15, -0.1) is 0 Å². The first-order chi connectivity index (χ1) is 14.7. The highest BCUT2D eigenvalue weighted by atomic mass is 16.6. The number of hydrogen-bond donors (Lipinski definition) is 1. The summed E-state index contributed by atoms with van der Waals surface area (Å²) in [5.74, 6) is -0.181. The van der Waals surface area contributed by atoms with Gasteiger partial charge in [-0.1, -0.05) is 18.5 Å². The van der Waals surface area contributed by atoms with Crippen LogP contribution in [-0.4, -0.2) is 29.0 Å². The number of rotatable bonds is 7. The minimum Gasteiger partial charge on any atom is -0.511 e.